The second-order valence-corrected chi connectivity index (χ2v) is 10.4. The van der Waals surface area contributed by atoms with Gasteiger partial charge in [0.05, 0.1) is 24.0 Å². The Balaban J connectivity index is 4.75. The van der Waals surface area contributed by atoms with Crippen LogP contribution in [0.4, 0.5) is 0 Å². The summed E-state index contributed by atoms with van der Waals surface area (Å²) in [4.78, 5) is 4.40. The first-order chi connectivity index (χ1) is 6.57. The van der Waals surface area contributed by atoms with Gasteiger partial charge in [-0.25, -0.2) is 0 Å². The molecule has 0 heterocycles. The summed E-state index contributed by atoms with van der Waals surface area (Å²) in [6.45, 7) is 9.53. The smallest absolute Gasteiger partial charge is 0.0931 e. The largest absolute Gasteiger partial charge is 0.391 e. The van der Waals surface area contributed by atoms with Gasteiger partial charge in [0.2, 0.25) is 0 Å². The fourth-order valence-corrected chi connectivity index (χ4v) is 7.90. The quantitative estimate of drug-likeness (QED) is 0.540. The lowest BCUT2D eigenvalue weighted by Crippen LogP contribution is -2.50. The van der Waals surface area contributed by atoms with E-state index >= 15 is 0 Å². The summed E-state index contributed by atoms with van der Waals surface area (Å²) >= 11 is 0. The first-order valence-corrected chi connectivity index (χ1v) is 9.46. The average molecular weight is 231 g/mol. The highest BCUT2D eigenvalue weighted by atomic mass is 28.3. The molecule has 0 saturated heterocycles. The number of aliphatic hydroxyl groups is 1. The number of nitrogens with zero attached hydrogens (tertiary/aromatic N) is 1. The van der Waals surface area contributed by atoms with Gasteiger partial charge in [-0.2, -0.15) is 0 Å². The van der Waals surface area contributed by atoms with E-state index in [-0.39, 0.29) is 5.73 Å². The van der Waals surface area contributed by atoms with Crippen molar-refractivity contribution in [2.75, 3.05) is 6.54 Å². The van der Waals surface area contributed by atoms with Gasteiger partial charge >= 0.3 is 0 Å². The Bertz CT molecular complexity index is 182. The second kappa shape index (κ2) is 6.53. The van der Waals surface area contributed by atoms with Crippen molar-refractivity contribution in [3.63, 3.8) is 0 Å². The summed E-state index contributed by atoms with van der Waals surface area (Å²) in [5, 5.41) is 11.4. The molecule has 0 bridgehead atoms. The third-order valence-electron chi connectivity index (χ3n) is 3.50. The Hall–Kier alpha value is 0.0638. The summed E-state index contributed by atoms with van der Waals surface area (Å²) in [5.74, 6) is 0. The first kappa shape index (κ1) is 14.1. The van der Waals surface area contributed by atoms with E-state index in [1.165, 1.54) is 18.1 Å². The second-order valence-electron chi connectivity index (χ2n) is 3.94. The van der Waals surface area contributed by atoms with Gasteiger partial charge in [-0.1, -0.05) is 38.9 Å². The van der Waals surface area contributed by atoms with Gasteiger partial charge in [-0.3, -0.25) is 4.99 Å². The zero-order valence-corrected chi connectivity index (χ0v) is 13.3. The van der Waals surface area contributed by atoms with Crippen LogP contribution in [0, 0.1) is 0 Å². The van der Waals surface area contributed by atoms with Crippen LogP contribution < -0.4 is 0 Å². The molecule has 0 aromatic rings. The molecule has 1 unspecified atom stereocenters. The minimum atomic E-state index is -1.46. The van der Waals surface area contributed by atoms with E-state index < -0.39 is 8.07 Å². The molecule has 0 amide bonds. The van der Waals surface area contributed by atoms with E-state index in [0.29, 0.717) is 0 Å². The normalized spacial score (nSPS) is 15.9. The van der Waals surface area contributed by atoms with Gasteiger partial charge in [0, 0.05) is 11.9 Å². The van der Waals surface area contributed by atoms with Crippen LogP contribution in [-0.4, -0.2) is 41.0 Å². The zero-order valence-electron chi connectivity index (χ0n) is 10.3. The molecule has 0 rings (SSSR count). The van der Waals surface area contributed by atoms with E-state index in [2.05, 4.69) is 25.8 Å². The molecule has 0 radical (unpaired) electrons. The van der Waals surface area contributed by atoms with E-state index in [1.807, 2.05) is 6.92 Å². The summed E-state index contributed by atoms with van der Waals surface area (Å²) < 4.78 is 0. The van der Waals surface area contributed by atoms with Gasteiger partial charge in [-0.15, -0.1) is 0 Å². The fourth-order valence-electron chi connectivity index (χ4n) is 2.11. The van der Waals surface area contributed by atoms with Crippen LogP contribution in [0.15, 0.2) is 4.99 Å². The lowest BCUT2D eigenvalue weighted by Gasteiger charge is -2.33. The molecule has 1 atom stereocenters. The van der Waals surface area contributed by atoms with Crippen LogP contribution in [0.25, 0.3) is 0 Å². The van der Waals surface area contributed by atoms with E-state index in [9.17, 15) is 5.11 Å². The highest BCUT2D eigenvalue weighted by molar-refractivity contribution is 6.87. The monoisotopic (exact) mass is 231 g/mol. The van der Waals surface area contributed by atoms with Gasteiger partial charge in [-0.05, 0) is 6.92 Å². The SMILES string of the molecule is CCN=C([SiH3])C(O)[Si](CC)(CC)CC. The van der Waals surface area contributed by atoms with Crippen LogP contribution in [0.3, 0.4) is 0 Å². The Morgan fingerprint density at radius 3 is 1.93 bits per heavy atom. The minimum Gasteiger partial charge on any atom is -0.391 e. The fraction of sp³-hybridized carbons (Fsp3) is 0.900. The summed E-state index contributed by atoms with van der Waals surface area (Å²) in [6, 6.07) is 3.52. The molecule has 2 nitrogen and oxygen atoms in total. The lowest BCUT2D eigenvalue weighted by molar-refractivity contribution is 0.306. The highest BCUT2D eigenvalue weighted by Gasteiger charge is 2.36. The zero-order chi connectivity index (χ0) is 11.2. The predicted molar refractivity (Wildman–Crippen MR) is 71.1 cm³/mol. The van der Waals surface area contributed by atoms with Crippen molar-refractivity contribution < 1.29 is 5.11 Å². The molecule has 14 heavy (non-hydrogen) atoms. The third kappa shape index (κ3) is 3.03. The third-order valence-corrected chi connectivity index (χ3v) is 10.7. The number of aliphatic hydroxyl groups excluding tert-OH is 1. The first-order valence-electron chi connectivity index (χ1n) is 5.76. The molecule has 0 aliphatic heterocycles. The number of rotatable bonds is 6. The molecule has 0 spiro atoms. The molecule has 0 aliphatic carbocycles. The molecule has 0 saturated carbocycles. The van der Waals surface area contributed by atoms with Crippen LogP contribution in [0.1, 0.15) is 27.7 Å². The van der Waals surface area contributed by atoms with Crippen LogP contribution >= 0.6 is 0 Å². The molecule has 0 aromatic heterocycles. The highest BCUT2D eigenvalue weighted by Crippen LogP contribution is 2.24. The molecular weight excluding hydrogens is 206 g/mol. The van der Waals surface area contributed by atoms with Crippen molar-refractivity contribution >= 4 is 23.7 Å². The van der Waals surface area contributed by atoms with Crippen molar-refractivity contribution in [3.8, 4) is 0 Å². The summed E-state index contributed by atoms with van der Waals surface area (Å²) in [5.41, 5.74) is -0.172. The predicted octanol–water partition coefficient (Wildman–Crippen LogP) is 1.18. The lowest BCUT2D eigenvalue weighted by atomic mass is 10.7. The van der Waals surface area contributed by atoms with Gasteiger partial charge in [0.1, 0.15) is 0 Å². The molecule has 0 aromatic carbocycles. The molecule has 84 valence electrons. The van der Waals surface area contributed by atoms with Crippen molar-refractivity contribution in [2.45, 2.75) is 51.6 Å². The molecule has 0 fully saturated rings. The maximum absolute atomic E-state index is 10.3. The summed E-state index contributed by atoms with van der Waals surface area (Å²) in [6.07, 6.45) is 0. The molecule has 1 N–H and O–H groups in total. The van der Waals surface area contributed by atoms with Crippen molar-refractivity contribution in [1.82, 2.24) is 0 Å². The Morgan fingerprint density at radius 2 is 1.64 bits per heavy atom. The standard InChI is InChI=1S/C10H25NOSi2/c1-5-11-9(13)10(12)14(6-2,7-3)8-4/h10,12H,5-8H2,1-4,13H3. The summed E-state index contributed by atoms with van der Waals surface area (Å²) in [7, 11) is -0.550. The van der Waals surface area contributed by atoms with Crippen LogP contribution in [-0.2, 0) is 0 Å². The van der Waals surface area contributed by atoms with Crippen molar-refractivity contribution in [2.24, 2.45) is 4.99 Å². The van der Waals surface area contributed by atoms with E-state index in [0.717, 1.165) is 22.1 Å². The van der Waals surface area contributed by atoms with E-state index in [4.69, 9.17) is 0 Å². The van der Waals surface area contributed by atoms with Gasteiger partial charge in [0.25, 0.3) is 0 Å². The van der Waals surface area contributed by atoms with Crippen LogP contribution in [0.2, 0.25) is 18.1 Å². The Kier molecular flexibility index (Phi) is 6.56. The Morgan fingerprint density at radius 1 is 1.21 bits per heavy atom. The molecule has 4 heteroatoms. The van der Waals surface area contributed by atoms with Crippen molar-refractivity contribution in [3.05, 3.63) is 0 Å². The van der Waals surface area contributed by atoms with Gasteiger partial charge in [0.15, 0.2) is 0 Å². The number of hydrogen-bond donors (Lipinski definition) is 1. The topological polar surface area (TPSA) is 32.6 Å². The average Bonchev–Trinajstić information content (AvgIpc) is 2.21. The maximum atomic E-state index is 10.3. The van der Waals surface area contributed by atoms with Gasteiger partial charge < -0.3 is 5.11 Å². The number of aliphatic imine (C=N–C) groups is 1. The van der Waals surface area contributed by atoms with Crippen LogP contribution in [0.5, 0.6) is 0 Å². The molecule has 0 aliphatic rings. The Labute approximate surface area is 92.3 Å². The maximum Gasteiger partial charge on any atom is 0.0931 e. The molecular formula is C10H25NOSi2. The minimum absolute atomic E-state index is 0.172. The van der Waals surface area contributed by atoms with Crippen molar-refractivity contribution in [1.29, 1.82) is 0 Å². The van der Waals surface area contributed by atoms with E-state index in [1.54, 1.807) is 0 Å². The number of hydrogen-bond acceptors (Lipinski definition) is 2.